The summed E-state index contributed by atoms with van der Waals surface area (Å²) in [5.41, 5.74) is 14.7. The highest BCUT2D eigenvalue weighted by atomic mass is 16.5. The van der Waals surface area contributed by atoms with Gasteiger partial charge < -0.3 is 21.2 Å². The quantitative estimate of drug-likeness (QED) is 0.666. The maximum Gasteiger partial charge on any atom is 0.221 e. The first-order valence-electron chi connectivity index (χ1n) is 8.15. The first-order chi connectivity index (χ1) is 11.5. The van der Waals surface area contributed by atoms with Crippen LogP contribution in [0.3, 0.4) is 0 Å². The fraction of sp³-hybridized carbons (Fsp3) is 0.333. The monoisotopic (exact) mass is 325 g/mol. The molecule has 1 atom stereocenters. The Morgan fingerprint density at radius 3 is 2.71 bits per heavy atom. The molecule has 6 nitrogen and oxygen atoms in total. The lowest BCUT2D eigenvalue weighted by atomic mass is 9.89. The smallest absolute Gasteiger partial charge is 0.221 e. The minimum absolute atomic E-state index is 0.0767. The molecule has 0 amide bonds. The number of hydrogen-bond donors (Lipinski definition) is 3. The van der Waals surface area contributed by atoms with Crippen molar-refractivity contribution in [3.63, 3.8) is 0 Å². The Labute approximate surface area is 141 Å². The molecule has 0 aliphatic carbocycles. The third-order valence-corrected chi connectivity index (χ3v) is 4.07. The van der Waals surface area contributed by atoms with E-state index in [1.165, 1.54) is 0 Å². The molecule has 1 unspecified atom stereocenters. The number of ether oxygens (including phenoxy) is 1. The molecular formula is C18H23N5O. The molecule has 3 aromatic rings. The number of nitrogen functional groups attached to an aromatic ring is 2. The lowest BCUT2D eigenvalue weighted by Crippen LogP contribution is -2.10. The summed E-state index contributed by atoms with van der Waals surface area (Å²) in [6.45, 7) is 6.16. The van der Waals surface area contributed by atoms with E-state index in [9.17, 15) is 0 Å². The van der Waals surface area contributed by atoms with E-state index in [-0.39, 0.29) is 18.0 Å². The molecule has 0 aliphatic heterocycles. The molecule has 0 saturated heterocycles. The zero-order valence-electron chi connectivity index (χ0n) is 14.2. The number of anilines is 2. The Bertz CT molecular complexity index is 856. The van der Waals surface area contributed by atoms with E-state index in [0.717, 1.165) is 34.2 Å². The summed E-state index contributed by atoms with van der Waals surface area (Å²) < 4.78 is 6.00. The second kappa shape index (κ2) is 6.39. The molecule has 0 fully saturated rings. The standard InChI is InChI=1S/C18H23N5O/c1-4-12(14-9-22-18(20)23-17(14)19)11-7-15-13(5-6-21-15)16(8-11)24-10(2)3/h5-10,12,21H,4H2,1-3H3,(H4,19,20,22,23). The van der Waals surface area contributed by atoms with E-state index in [4.69, 9.17) is 16.2 Å². The van der Waals surface area contributed by atoms with E-state index in [0.29, 0.717) is 5.82 Å². The Morgan fingerprint density at radius 2 is 2.04 bits per heavy atom. The molecule has 1 aromatic carbocycles. The van der Waals surface area contributed by atoms with Gasteiger partial charge in [-0.25, -0.2) is 4.98 Å². The summed E-state index contributed by atoms with van der Waals surface area (Å²) in [6.07, 6.45) is 4.60. The summed E-state index contributed by atoms with van der Waals surface area (Å²) in [4.78, 5) is 11.5. The average Bonchev–Trinajstić information content (AvgIpc) is 2.98. The van der Waals surface area contributed by atoms with Crippen molar-refractivity contribution in [2.24, 2.45) is 0 Å². The maximum atomic E-state index is 6.08. The second-order valence-corrected chi connectivity index (χ2v) is 6.15. The first kappa shape index (κ1) is 16.1. The molecule has 2 heterocycles. The van der Waals surface area contributed by atoms with Gasteiger partial charge >= 0.3 is 0 Å². The third kappa shape index (κ3) is 2.99. The van der Waals surface area contributed by atoms with Crippen LogP contribution in [-0.4, -0.2) is 21.1 Å². The molecule has 6 heteroatoms. The number of nitrogens with zero attached hydrogens (tertiary/aromatic N) is 2. The Balaban J connectivity index is 2.11. The maximum absolute atomic E-state index is 6.08. The number of nitrogens with one attached hydrogen (secondary N) is 1. The number of hydrogen-bond acceptors (Lipinski definition) is 5. The van der Waals surface area contributed by atoms with Crippen molar-refractivity contribution < 1.29 is 4.74 Å². The van der Waals surface area contributed by atoms with Crippen LogP contribution in [0.5, 0.6) is 5.75 Å². The zero-order chi connectivity index (χ0) is 17.3. The van der Waals surface area contributed by atoms with E-state index >= 15 is 0 Å². The van der Waals surface area contributed by atoms with Crippen molar-refractivity contribution in [3.05, 3.63) is 41.7 Å². The number of fused-ring (bicyclic) bond motifs is 1. The molecule has 0 radical (unpaired) electrons. The Hall–Kier alpha value is -2.76. The van der Waals surface area contributed by atoms with Gasteiger partial charge in [0.05, 0.1) is 6.10 Å². The molecule has 0 aliphatic rings. The predicted octanol–water partition coefficient (Wildman–Crippen LogP) is 3.45. The molecule has 0 spiro atoms. The van der Waals surface area contributed by atoms with E-state index in [1.54, 1.807) is 6.20 Å². The number of H-pyrrole nitrogens is 1. The van der Waals surface area contributed by atoms with Crippen molar-refractivity contribution in [1.29, 1.82) is 0 Å². The number of aromatic amines is 1. The summed E-state index contributed by atoms with van der Waals surface area (Å²) in [5.74, 6) is 1.56. The van der Waals surface area contributed by atoms with Crippen LogP contribution in [0.15, 0.2) is 30.6 Å². The SMILES string of the molecule is CCC(c1cc(OC(C)C)c2cc[nH]c2c1)c1cnc(N)nc1N. The van der Waals surface area contributed by atoms with Gasteiger partial charge in [-0.05, 0) is 44.0 Å². The van der Waals surface area contributed by atoms with Crippen LogP contribution in [0.4, 0.5) is 11.8 Å². The molecule has 0 saturated carbocycles. The largest absolute Gasteiger partial charge is 0.490 e. The van der Waals surface area contributed by atoms with Gasteiger partial charge in [0.1, 0.15) is 11.6 Å². The van der Waals surface area contributed by atoms with E-state index in [2.05, 4.69) is 34.0 Å². The molecule has 3 rings (SSSR count). The topological polar surface area (TPSA) is 103 Å². The molecule has 2 aromatic heterocycles. The Morgan fingerprint density at radius 1 is 1.25 bits per heavy atom. The summed E-state index contributed by atoms with van der Waals surface area (Å²) >= 11 is 0. The Kier molecular flexibility index (Phi) is 4.29. The molecule has 24 heavy (non-hydrogen) atoms. The molecule has 0 bridgehead atoms. The van der Waals surface area contributed by atoms with Gasteiger partial charge in [0.25, 0.3) is 0 Å². The van der Waals surface area contributed by atoms with Crippen molar-refractivity contribution in [2.45, 2.75) is 39.2 Å². The van der Waals surface area contributed by atoms with Crippen molar-refractivity contribution in [2.75, 3.05) is 11.5 Å². The van der Waals surface area contributed by atoms with Gasteiger partial charge in [-0.1, -0.05) is 6.92 Å². The van der Waals surface area contributed by atoms with Gasteiger partial charge in [-0.3, -0.25) is 0 Å². The molecule has 126 valence electrons. The molecule has 5 N–H and O–H groups in total. The zero-order valence-corrected chi connectivity index (χ0v) is 14.2. The van der Waals surface area contributed by atoms with Crippen LogP contribution in [0.1, 0.15) is 44.2 Å². The van der Waals surface area contributed by atoms with Crippen LogP contribution in [0.25, 0.3) is 10.9 Å². The fourth-order valence-corrected chi connectivity index (χ4v) is 3.03. The van der Waals surface area contributed by atoms with Gasteiger partial charge in [0.15, 0.2) is 0 Å². The minimum atomic E-state index is 0.0767. The third-order valence-electron chi connectivity index (χ3n) is 4.07. The lowest BCUT2D eigenvalue weighted by Gasteiger charge is -2.19. The van der Waals surface area contributed by atoms with E-state index in [1.807, 2.05) is 26.1 Å². The number of benzene rings is 1. The van der Waals surface area contributed by atoms with Gasteiger partial charge in [0, 0.05) is 34.8 Å². The normalized spacial score (nSPS) is 12.7. The van der Waals surface area contributed by atoms with Gasteiger partial charge in [0.2, 0.25) is 5.95 Å². The highest BCUT2D eigenvalue weighted by Crippen LogP contribution is 2.36. The summed E-state index contributed by atoms with van der Waals surface area (Å²) in [6, 6.07) is 6.24. The number of aromatic nitrogens is 3. The lowest BCUT2D eigenvalue weighted by molar-refractivity contribution is 0.245. The number of rotatable bonds is 5. The van der Waals surface area contributed by atoms with Gasteiger partial charge in [-0.15, -0.1) is 0 Å². The highest BCUT2D eigenvalue weighted by molar-refractivity contribution is 5.87. The van der Waals surface area contributed by atoms with Crippen LogP contribution in [-0.2, 0) is 0 Å². The van der Waals surface area contributed by atoms with Crippen molar-refractivity contribution in [3.8, 4) is 5.75 Å². The average molecular weight is 325 g/mol. The van der Waals surface area contributed by atoms with Crippen LogP contribution >= 0.6 is 0 Å². The van der Waals surface area contributed by atoms with Crippen LogP contribution in [0, 0.1) is 0 Å². The van der Waals surface area contributed by atoms with Crippen LogP contribution in [0.2, 0.25) is 0 Å². The van der Waals surface area contributed by atoms with Crippen molar-refractivity contribution in [1.82, 2.24) is 15.0 Å². The number of nitrogens with two attached hydrogens (primary N) is 2. The molecular weight excluding hydrogens is 302 g/mol. The first-order valence-corrected chi connectivity index (χ1v) is 8.15. The summed E-state index contributed by atoms with van der Waals surface area (Å²) in [7, 11) is 0. The predicted molar refractivity (Wildman–Crippen MR) is 97.1 cm³/mol. The summed E-state index contributed by atoms with van der Waals surface area (Å²) in [5, 5.41) is 1.07. The minimum Gasteiger partial charge on any atom is -0.490 e. The highest BCUT2D eigenvalue weighted by Gasteiger charge is 2.19. The van der Waals surface area contributed by atoms with Crippen molar-refractivity contribution >= 4 is 22.7 Å². The second-order valence-electron chi connectivity index (χ2n) is 6.15. The van der Waals surface area contributed by atoms with Crippen LogP contribution < -0.4 is 16.2 Å². The fourth-order valence-electron chi connectivity index (χ4n) is 3.03. The van der Waals surface area contributed by atoms with E-state index < -0.39 is 0 Å². The van der Waals surface area contributed by atoms with Gasteiger partial charge in [-0.2, -0.15) is 4.98 Å².